The monoisotopic (exact) mass is 279 g/mol. The second kappa shape index (κ2) is 5.41. The van der Waals surface area contributed by atoms with Crippen molar-refractivity contribution < 1.29 is 4.79 Å². The van der Waals surface area contributed by atoms with Gasteiger partial charge in [-0.1, -0.05) is 19.3 Å². The maximum Gasteiger partial charge on any atom is 0.263 e. The summed E-state index contributed by atoms with van der Waals surface area (Å²) in [5, 5.41) is 7.55. The van der Waals surface area contributed by atoms with Crippen LogP contribution in [0.5, 0.6) is 0 Å². The number of thiophene rings is 1. The second-order valence-corrected chi connectivity index (χ2v) is 6.67. The van der Waals surface area contributed by atoms with E-state index >= 15 is 0 Å². The van der Waals surface area contributed by atoms with Gasteiger partial charge in [0.1, 0.15) is 4.88 Å². The Morgan fingerprint density at radius 2 is 1.89 bits per heavy atom. The van der Waals surface area contributed by atoms with Gasteiger partial charge in [-0.3, -0.25) is 4.79 Å². The third-order valence-electron chi connectivity index (χ3n) is 3.83. The van der Waals surface area contributed by atoms with Crippen LogP contribution in [0.25, 0.3) is 0 Å². The van der Waals surface area contributed by atoms with Crippen molar-refractivity contribution in [3.8, 4) is 0 Å². The van der Waals surface area contributed by atoms with E-state index < -0.39 is 0 Å². The first kappa shape index (κ1) is 12.8. The molecule has 0 atom stereocenters. The van der Waals surface area contributed by atoms with Crippen LogP contribution in [0.15, 0.2) is 6.07 Å². The van der Waals surface area contributed by atoms with Crippen LogP contribution in [-0.2, 0) is 0 Å². The first-order chi connectivity index (χ1) is 9.22. The number of anilines is 2. The van der Waals surface area contributed by atoms with Crippen LogP contribution in [0.4, 0.5) is 10.7 Å². The quantitative estimate of drug-likeness (QED) is 0.793. The average molecular weight is 279 g/mol. The number of nitrogens with two attached hydrogens (primary N) is 1. The summed E-state index contributed by atoms with van der Waals surface area (Å²) in [5.74, 6) is -0.0123. The van der Waals surface area contributed by atoms with E-state index in [2.05, 4.69) is 10.6 Å². The summed E-state index contributed by atoms with van der Waals surface area (Å²) in [6.45, 7) is 0. The lowest BCUT2D eigenvalue weighted by Gasteiger charge is -2.22. The predicted molar refractivity (Wildman–Crippen MR) is 79.7 cm³/mol. The van der Waals surface area contributed by atoms with E-state index in [0.29, 0.717) is 22.6 Å². The van der Waals surface area contributed by atoms with Gasteiger partial charge in [-0.15, -0.1) is 11.3 Å². The van der Waals surface area contributed by atoms with Gasteiger partial charge in [-0.05, 0) is 31.7 Å². The lowest BCUT2D eigenvalue weighted by molar-refractivity contribution is 0.0956. The van der Waals surface area contributed by atoms with Gasteiger partial charge >= 0.3 is 0 Å². The number of amides is 1. The molecule has 0 saturated heterocycles. The third-order valence-corrected chi connectivity index (χ3v) is 4.91. The van der Waals surface area contributed by atoms with Gasteiger partial charge in [0, 0.05) is 12.1 Å². The molecular weight excluding hydrogens is 258 g/mol. The Bertz CT molecular complexity index is 461. The topological polar surface area (TPSA) is 67.1 Å². The van der Waals surface area contributed by atoms with Crippen molar-refractivity contribution in [3.63, 3.8) is 0 Å². The predicted octanol–water partition coefficient (Wildman–Crippen LogP) is 2.97. The molecule has 5 heteroatoms. The molecule has 1 aromatic heterocycles. The van der Waals surface area contributed by atoms with Gasteiger partial charge in [0.05, 0.1) is 10.7 Å². The van der Waals surface area contributed by atoms with E-state index in [1.54, 1.807) is 0 Å². The van der Waals surface area contributed by atoms with Crippen LogP contribution in [0.2, 0.25) is 0 Å². The molecular formula is C14H21N3OS. The molecule has 2 saturated carbocycles. The highest BCUT2D eigenvalue weighted by molar-refractivity contribution is 7.18. The fourth-order valence-corrected chi connectivity index (χ4v) is 3.54. The van der Waals surface area contributed by atoms with Crippen LogP contribution >= 0.6 is 11.3 Å². The molecule has 2 fully saturated rings. The van der Waals surface area contributed by atoms with E-state index in [-0.39, 0.29) is 5.91 Å². The van der Waals surface area contributed by atoms with Crippen molar-refractivity contribution in [1.82, 2.24) is 5.32 Å². The Morgan fingerprint density at radius 1 is 1.16 bits per heavy atom. The molecule has 19 heavy (non-hydrogen) atoms. The van der Waals surface area contributed by atoms with Gasteiger partial charge in [-0.2, -0.15) is 0 Å². The van der Waals surface area contributed by atoms with Crippen LogP contribution in [0.3, 0.4) is 0 Å². The SMILES string of the molecule is Nc1cc(NC2CCCCC2)sc1C(=O)NC1CC1. The second-order valence-electron chi connectivity index (χ2n) is 5.62. The highest BCUT2D eigenvalue weighted by atomic mass is 32.1. The zero-order valence-corrected chi connectivity index (χ0v) is 11.9. The average Bonchev–Trinajstić information content (AvgIpc) is 3.13. The van der Waals surface area contributed by atoms with E-state index in [1.807, 2.05) is 6.07 Å². The molecule has 2 aliphatic rings. The van der Waals surface area contributed by atoms with Crippen molar-refractivity contribution in [1.29, 1.82) is 0 Å². The van der Waals surface area contributed by atoms with E-state index in [9.17, 15) is 4.79 Å². The lowest BCUT2D eigenvalue weighted by Crippen LogP contribution is -2.25. The maximum absolute atomic E-state index is 12.0. The van der Waals surface area contributed by atoms with Gasteiger partial charge in [0.15, 0.2) is 0 Å². The van der Waals surface area contributed by atoms with Crippen molar-refractivity contribution in [2.24, 2.45) is 0 Å². The Morgan fingerprint density at radius 3 is 2.58 bits per heavy atom. The summed E-state index contributed by atoms with van der Waals surface area (Å²) in [4.78, 5) is 12.7. The maximum atomic E-state index is 12.0. The van der Waals surface area contributed by atoms with Crippen LogP contribution in [0.1, 0.15) is 54.6 Å². The molecule has 0 aliphatic heterocycles. The third kappa shape index (κ3) is 3.21. The number of rotatable bonds is 4. The number of nitrogens with one attached hydrogen (secondary N) is 2. The van der Waals surface area contributed by atoms with Crippen LogP contribution in [0, 0.1) is 0 Å². The summed E-state index contributed by atoms with van der Waals surface area (Å²) in [6, 6.07) is 2.83. The fourth-order valence-electron chi connectivity index (χ4n) is 2.58. The highest BCUT2D eigenvalue weighted by Gasteiger charge is 2.26. The van der Waals surface area contributed by atoms with Crippen molar-refractivity contribution in [3.05, 3.63) is 10.9 Å². The molecule has 1 aromatic rings. The van der Waals surface area contributed by atoms with Crippen molar-refractivity contribution in [2.75, 3.05) is 11.1 Å². The van der Waals surface area contributed by atoms with Gasteiger partial charge in [0.2, 0.25) is 0 Å². The molecule has 0 unspecified atom stereocenters. The largest absolute Gasteiger partial charge is 0.397 e. The van der Waals surface area contributed by atoms with Gasteiger partial charge in [0.25, 0.3) is 5.91 Å². The number of carbonyl (C=O) groups excluding carboxylic acids is 1. The minimum absolute atomic E-state index is 0.0123. The van der Waals surface area contributed by atoms with Gasteiger partial charge in [-0.25, -0.2) is 0 Å². The molecule has 0 bridgehead atoms. The molecule has 1 amide bonds. The molecule has 2 aliphatic carbocycles. The molecule has 0 radical (unpaired) electrons. The summed E-state index contributed by atoms with van der Waals surface area (Å²) in [6.07, 6.45) is 8.60. The number of nitrogen functional groups attached to an aromatic ring is 1. The summed E-state index contributed by atoms with van der Waals surface area (Å²) in [5.41, 5.74) is 6.55. The minimum Gasteiger partial charge on any atom is -0.397 e. The summed E-state index contributed by atoms with van der Waals surface area (Å²) >= 11 is 1.48. The van der Waals surface area contributed by atoms with E-state index in [0.717, 1.165) is 17.8 Å². The molecule has 4 N–H and O–H groups in total. The molecule has 3 rings (SSSR count). The minimum atomic E-state index is -0.0123. The first-order valence-corrected chi connectivity index (χ1v) is 8.01. The fraction of sp³-hybridized carbons (Fsp3) is 0.643. The van der Waals surface area contributed by atoms with Crippen molar-refractivity contribution in [2.45, 2.75) is 57.0 Å². The first-order valence-electron chi connectivity index (χ1n) is 7.19. The summed E-state index contributed by atoms with van der Waals surface area (Å²) in [7, 11) is 0. The van der Waals surface area contributed by atoms with E-state index in [1.165, 1.54) is 43.4 Å². The number of carbonyl (C=O) groups is 1. The molecule has 104 valence electrons. The Balaban J connectivity index is 1.63. The molecule has 0 aromatic carbocycles. The molecule has 4 nitrogen and oxygen atoms in total. The number of hydrogen-bond acceptors (Lipinski definition) is 4. The Hall–Kier alpha value is -1.23. The van der Waals surface area contributed by atoms with Crippen LogP contribution in [-0.4, -0.2) is 18.0 Å². The molecule has 0 spiro atoms. The summed E-state index contributed by atoms with van der Waals surface area (Å²) < 4.78 is 0. The zero-order valence-electron chi connectivity index (χ0n) is 11.1. The van der Waals surface area contributed by atoms with Crippen molar-refractivity contribution >= 4 is 27.9 Å². The normalized spacial score (nSPS) is 20.2. The zero-order chi connectivity index (χ0) is 13.2. The van der Waals surface area contributed by atoms with Crippen LogP contribution < -0.4 is 16.4 Å². The Kier molecular flexibility index (Phi) is 3.64. The standard InChI is InChI=1S/C14H21N3OS/c15-11-8-12(16-9-4-2-1-3-5-9)19-13(11)14(18)17-10-6-7-10/h8-10,16H,1-7,15H2,(H,17,18). The van der Waals surface area contributed by atoms with E-state index in [4.69, 9.17) is 5.73 Å². The highest BCUT2D eigenvalue weighted by Crippen LogP contribution is 2.32. The Labute approximate surface area is 117 Å². The van der Waals surface area contributed by atoms with Gasteiger partial charge < -0.3 is 16.4 Å². The smallest absolute Gasteiger partial charge is 0.263 e. The molecule has 1 heterocycles. The lowest BCUT2D eigenvalue weighted by atomic mass is 9.96. The number of hydrogen-bond donors (Lipinski definition) is 3.